The van der Waals surface area contributed by atoms with Crippen LogP contribution in [-0.2, 0) is 21.7 Å². The van der Waals surface area contributed by atoms with Crippen molar-refractivity contribution < 1.29 is 13.2 Å². The molecule has 8 heteroatoms. The van der Waals surface area contributed by atoms with Gasteiger partial charge < -0.3 is 11.1 Å². The molecule has 0 fully saturated rings. The Bertz CT molecular complexity index is 547. The number of sulfone groups is 1. The Hall–Kier alpha value is -1.57. The molecule has 0 aromatic carbocycles. The summed E-state index contributed by atoms with van der Waals surface area (Å²) in [4.78, 5) is 11.7. The van der Waals surface area contributed by atoms with Gasteiger partial charge in [0.25, 0.3) is 0 Å². The van der Waals surface area contributed by atoms with Gasteiger partial charge in [0.1, 0.15) is 5.25 Å². The second-order valence-corrected chi connectivity index (χ2v) is 6.30. The molecule has 0 aliphatic carbocycles. The van der Waals surface area contributed by atoms with Gasteiger partial charge in [0, 0.05) is 13.3 Å². The van der Waals surface area contributed by atoms with Crippen molar-refractivity contribution in [2.75, 3.05) is 17.3 Å². The first-order valence-electron chi connectivity index (χ1n) is 4.93. The zero-order valence-corrected chi connectivity index (χ0v) is 11.0. The molecule has 1 atom stereocenters. The standard InChI is InChI=1S/C9H16N4O3S/c1-5-7(10)8(13(3)12-5)11-9(14)6(2)17(4,15)16/h6H,10H2,1-4H3,(H,11,14). The van der Waals surface area contributed by atoms with Gasteiger partial charge in [-0.2, -0.15) is 5.10 Å². The topological polar surface area (TPSA) is 107 Å². The third kappa shape index (κ3) is 2.76. The third-order valence-electron chi connectivity index (χ3n) is 2.52. The zero-order chi connectivity index (χ0) is 13.4. The van der Waals surface area contributed by atoms with E-state index >= 15 is 0 Å². The number of carbonyl (C=O) groups excluding carboxylic acids is 1. The quantitative estimate of drug-likeness (QED) is 0.774. The van der Waals surface area contributed by atoms with Crippen molar-refractivity contribution in [1.82, 2.24) is 9.78 Å². The number of nitrogens with zero attached hydrogens (tertiary/aromatic N) is 2. The van der Waals surface area contributed by atoms with Gasteiger partial charge in [-0.05, 0) is 13.8 Å². The minimum Gasteiger partial charge on any atom is -0.394 e. The van der Waals surface area contributed by atoms with E-state index in [0.717, 1.165) is 6.26 Å². The van der Waals surface area contributed by atoms with Crippen LogP contribution in [-0.4, -0.2) is 35.6 Å². The molecule has 0 radical (unpaired) electrons. The van der Waals surface area contributed by atoms with Gasteiger partial charge in [0.05, 0.1) is 11.4 Å². The molecule has 1 unspecified atom stereocenters. The second-order valence-electron chi connectivity index (χ2n) is 3.93. The highest BCUT2D eigenvalue weighted by Gasteiger charge is 2.25. The summed E-state index contributed by atoms with van der Waals surface area (Å²) >= 11 is 0. The van der Waals surface area contributed by atoms with Gasteiger partial charge in [0.15, 0.2) is 15.7 Å². The number of hydrogen-bond donors (Lipinski definition) is 2. The maximum atomic E-state index is 11.7. The molecule has 7 nitrogen and oxygen atoms in total. The zero-order valence-electron chi connectivity index (χ0n) is 10.2. The number of anilines is 2. The van der Waals surface area contributed by atoms with Crippen LogP contribution in [0.25, 0.3) is 0 Å². The van der Waals surface area contributed by atoms with Crippen molar-refractivity contribution in [3.05, 3.63) is 5.69 Å². The number of nitrogens with one attached hydrogen (secondary N) is 1. The smallest absolute Gasteiger partial charge is 0.243 e. The summed E-state index contributed by atoms with van der Waals surface area (Å²) in [5.41, 5.74) is 6.63. The molecule has 17 heavy (non-hydrogen) atoms. The van der Waals surface area contributed by atoms with Gasteiger partial charge in [0.2, 0.25) is 5.91 Å². The van der Waals surface area contributed by atoms with E-state index in [1.807, 2.05) is 0 Å². The SMILES string of the molecule is Cc1nn(C)c(NC(=O)C(C)S(C)(=O)=O)c1N. The number of carbonyl (C=O) groups is 1. The van der Waals surface area contributed by atoms with Crippen molar-refractivity contribution in [3.63, 3.8) is 0 Å². The molecule has 0 aliphatic rings. The summed E-state index contributed by atoms with van der Waals surface area (Å²) in [7, 11) is -1.81. The number of aryl methyl sites for hydroxylation is 2. The first-order chi connectivity index (χ1) is 7.64. The first kappa shape index (κ1) is 13.5. The van der Waals surface area contributed by atoms with Crippen LogP contribution in [0.1, 0.15) is 12.6 Å². The molecule has 0 spiro atoms. The predicted octanol–water partition coefficient (Wildman–Crippen LogP) is -0.318. The average Bonchev–Trinajstić information content (AvgIpc) is 2.42. The van der Waals surface area contributed by atoms with Crippen LogP contribution in [0.5, 0.6) is 0 Å². The Morgan fingerprint density at radius 1 is 1.53 bits per heavy atom. The number of amides is 1. The fourth-order valence-corrected chi connectivity index (χ4v) is 1.68. The highest BCUT2D eigenvalue weighted by Crippen LogP contribution is 2.21. The number of rotatable bonds is 3. The maximum Gasteiger partial charge on any atom is 0.243 e. The minimum absolute atomic E-state index is 0.308. The Balaban J connectivity index is 2.97. The van der Waals surface area contributed by atoms with E-state index in [2.05, 4.69) is 10.4 Å². The second kappa shape index (κ2) is 4.36. The first-order valence-corrected chi connectivity index (χ1v) is 6.89. The molecule has 96 valence electrons. The molecule has 0 saturated carbocycles. The van der Waals surface area contributed by atoms with Crippen molar-refractivity contribution in [2.24, 2.45) is 7.05 Å². The highest BCUT2D eigenvalue weighted by molar-refractivity contribution is 7.92. The summed E-state index contributed by atoms with van der Waals surface area (Å²) in [6.45, 7) is 3.02. The van der Waals surface area contributed by atoms with Crippen LogP contribution in [0.2, 0.25) is 0 Å². The van der Waals surface area contributed by atoms with E-state index in [4.69, 9.17) is 5.73 Å². The molecule has 0 aliphatic heterocycles. The number of hydrogen-bond acceptors (Lipinski definition) is 5. The highest BCUT2D eigenvalue weighted by atomic mass is 32.2. The number of aromatic nitrogens is 2. The summed E-state index contributed by atoms with van der Waals surface area (Å²) in [6, 6.07) is 0. The summed E-state index contributed by atoms with van der Waals surface area (Å²) in [5, 5.41) is 5.35. The van der Waals surface area contributed by atoms with E-state index in [0.29, 0.717) is 17.2 Å². The van der Waals surface area contributed by atoms with E-state index in [1.165, 1.54) is 11.6 Å². The lowest BCUT2D eigenvalue weighted by atomic mass is 10.3. The van der Waals surface area contributed by atoms with Crippen molar-refractivity contribution in [3.8, 4) is 0 Å². The monoisotopic (exact) mass is 260 g/mol. The molecule has 0 saturated heterocycles. The molecule has 1 amide bonds. The molecule has 1 rings (SSSR count). The summed E-state index contributed by atoms with van der Waals surface area (Å²) in [5.74, 6) is -0.315. The van der Waals surface area contributed by atoms with Gasteiger partial charge >= 0.3 is 0 Å². The Kier molecular flexibility index (Phi) is 3.46. The Labute approximate surface area is 99.9 Å². The third-order valence-corrected chi connectivity index (χ3v) is 4.02. The lowest BCUT2D eigenvalue weighted by Gasteiger charge is -2.11. The van der Waals surface area contributed by atoms with Crippen molar-refractivity contribution in [2.45, 2.75) is 19.1 Å². The largest absolute Gasteiger partial charge is 0.394 e. The van der Waals surface area contributed by atoms with E-state index < -0.39 is 21.0 Å². The van der Waals surface area contributed by atoms with Gasteiger partial charge in [-0.3, -0.25) is 9.48 Å². The Morgan fingerprint density at radius 3 is 2.41 bits per heavy atom. The fourth-order valence-electron chi connectivity index (χ4n) is 1.24. The normalized spacial score (nSPS) is 13.4. The van der Waals surface area contributed by atoms with Crippen LogP contribution in [0, 0.1) is 6.92 Å². The lowest BCUT2D eigenvalue weighted by Crippen LogP contribution is -2.32. The van der Waals surface area contributed by atoms with Crippen LogP contribution < -0.4 is 11.1 Å². The van der Waals surface area contributed by atoms with Gasteiger partial charge in [-0.25, -0.2) is 8.42 Å². The molecule has 1 heterocycles. The summed E-state index contributed by atoms with van der Waals surface area (Å²) < 4.78 is 23.8. The molecule has 3 N–H and O–H groups in total. The average molecular weight is 260 g/mol. The fraction of sp³-hybridized carbons (Fsp3) is 0.556. The predicted molar refractivity (Wildman–Crippen MR) is 65.3 cm³/mol. The molecule has 0 bridgehead atoms. The molecular weight excluding hydrogens is 244 g/mol. The van der Waals surface area contributed by atoms with Crippen molar-refractivity contribution in [1.29, 1.82) is 0 Å². The number of nitrogen functional groups attached to an aromatic ring is 1. The summed E-state index contributed by atoms with van der Waals surface area (Å²) in [6.07, 6.45) is 1.01. The van der Waals surface area contributed by atoms with Crippen LogP contribution >= 0.6 is 0 Å². The molecular formula is C9H16N4O3S. The molecule has 1 aromatic rings. The van der Waals surface area contributed by atoms with Crippen LogP contribution in [0.3, 0.4) is 0 Å². The number of nitrogens with two attached hydrogens (primary N) is 1. The van der Waals surface area contributed by atoms with E-state index in [9.17, 15) is 13.2 Å². The Morgan fingerprint density at radius 2 is 2.06 bits per heavy atom. The van der Waals surface area contributed by atoms with Gasteiger partial charge in [-0.15, -0.1) is 0 Å². The molecule has 1 aromatic heterocycles. The minimum atomic E-state index is -3.42. The van der Waals surface area contributed by atoms with Crippen LogP contribution in [0.15, 0.2) is 0 Å². The maximum absolute atomic E-state index is 11.7. The van der Waals surface area contributed by atoms with E-state index in [-0.39, 0.29) is 0 Å². The van der Waals surface area contributed by atoms with Crippen molar-refractivity contribution >= 4 is 27.2 Å². The van der Waals surface area contributed by atoms with Crippen LogP contribution in [0.4, 0.5) is 11.5 Å². The van der Waals surface area contributed by atoms with Gasteiger partial charge in [-0.1, -0.05) is 0 Å². The van der Waals surface area contributed by atoms with E-state index in [1.54, 1.807) is 14.0 Å². The lowest BCUT2D eigenvalue weighted by molar-refractivity contribution is -0.115.